The summed E-state index contributed by atoms with van der Waals surface area (Å²) in [5, 5.41) is 6.14. The van der Waals surface area contributed by atoms with E-state index in [1.165, 1.54) is 6.33 Å². The van der Waals surface area contributed by atoms with Crippen LogP contribution in [0, 0.1) is 5.92 Å². The van der Waals surface area contributed by atoms with Crippen molar-refractivity contribution in [3.05, 3.63) is 18.7 Å². The van der Waals surface area contributed by atoms with Gasteiger partial charge in [0.05, 0.1) is 37.2 Å². The van der Waals surface area contributed by atoms with Gasteiger partial charge in [-0.3, -0.25) is 4.79 Å². The Labute approximate surface area is 106 Å². The minimum Gasteiger partial charge on any atom is -0.379 e. The van der Waals surface area contributed by atoms with Gasteiger partial charge in [0, 0.05) is 6.04 Å². The molecular weight excluding hydrogens is 232 g/mol. The van der Waals surface area contributed by atoms with Gasteiger partial charge < -0.3 is 15.4 Å². The van der Waals surface area contributed by atoms with E-state index in [1.54, 1.807) is 12.4 Å². The summed E-state index contributed by atoms with van der Waals surface area (Å²) in [5.74, 6) is -0.201. The molecule has 2 rings (SSSR count). The van der Waals surface area contributed by atoms with Crippen LogP contribution in [0.4, 0.5) is 5.69 Å². The molecular formula is C12H18N4O2. The molecule has 0 aliphatic carbocycles. The van der Waals surface area contributed by atoms with Gasteiger partial charge in [-0.15, -0.1) is 0 Å². The lowest BCUT2D eigenvalue weighted by molar-refractivity contribution is -0.120. The number of hydrogen-bond donors (Lipinski definition) is 2. The first kappa shape index (κ1) is 12.9. The number of carbonyl (C=O) groups excluding carboxylic acids is 1. The zero-order valence-electron chi connectivity index (χ0n) is 10.4. The van der Waals surface area contributed by atoms with Crippen LogP contribution in [0.15, 0.2) is 18.7 Å². The van der Waals surface area contributed by atoms with Gasteiger partial charge in [0.2, 0.25) is 5.91 Å². The van der Waals surface area contributed by atoms with Crippen molar-refractivity contribution in [2.75, 3.05) is 25.1 Å². The maximum atomic E-state index is 12.1. The molecule has 18 heavy (non-hydrogen) atoms. The average molecular weight is 250 g/mol. The highest BCUT2D eigenvalue weighted by atomic mass is 16.5. The maximum Gasteiger partial charge on any atom is 0.231 e. The van der Waals surface area contributed by atoms with Crippen LogP contribution >= 0.6 is 0 Å². The van der Waals surface area contributed by atoms with E-state index < -0.39 is 0 Å². The zero-order chi connectivity index (χ0) is 12.8. The zero-order valence-corrected chi connectivity index (χ0v) is 10.4. The van der Waals surface area contributed by atoms with Crippen LogP contribution in [0.5, 0.6) is 0 Å². The van der Waals surface area contributed by atoms with Gasteiger partial charge in [-0.05, 0) is 13.0 Å². The van der Waals surface area contributed by atoms with E-state index >= 15 is 0 Å². The molecule has 98 valence electrons. The fraction of sp³-hybridized carbons (Fsp3) is 0.583. The molecule has 0 radical (unpaired) electrons. The lowest BCUT2D eigenvalue weighted by atomic mass is 10.0. The lowest BCUT2D eigenvalue weighted by Crippen LogP contribution is -2.41. The number of anilines is 1. The molecule has 2 heterocycles. The van der Waals surface area contributed by atoms with Gasteiger partial charge in [-0.25, -0.2) is 9.97 Å². The van der Waals surface area contributed by atoms with Gasteiger partial charge in [0.15, 0.2) is 0 Å². The van der Waals surface area contributed by atoms with E-state index in [-0.39, 0.29) is 17.9 Å². The van der Waals surface area contributed by atoms with E-state index in [1.807, 2.05) is 0 Å². The molecule has 0 bridgehead atoms. The molecule has 0 saturated carbocycles. The summed E-state index contributed by atoms with van der Waals surface area (Å²) in [4.78, 5) is 19.8. The Hall–Kier alpha value is -1.53. The summed E-state index contributed by atoms with van der Waals surface area (Å²) in [6.07, 6.45) is 5.63. The summed E-state index contributed by atoms with van der Waals surface area (Å²) in [7, 11) is 0. The summed E-state index contributed by atoms with van der Waals surface area (Å²) in [5.41, 5.74) is 0.614. The molecule has 0 aromatic carbocycles. The number of nitrogens with one attached hydrogen (secondary N) is 2. The Bertz CT molecular complexity index is 385. The number of aromatic nitrogens is 2. The highest BCUT2D eigenvalue weighted by molar-refractivity contribution is 5.93. The molecule has 1 fully saturated rings. The monoisotopic (exact) mass is 250 g/mol. The number of amides is 1. The Kier molecular flexibility index (Phi) is 4.60. The molecule has 1 aliphatic rings. The first-order valence-electron chi connectivity index (χ1n) is 6.18. The normalized spacial score (nSPS) is 22.9. The van der Waals surface area contributed by atoms with Crippen molar-refractivity contribution >= 4 is 11.6 Å². The van der Waals surface area contributed by atoms with E-state index in [4.69, 9.17) is 4.74 Å². The Morgan fingerprint density at radius 2 is 2.22 bits per heavy atom. The van der Waals surface area contributed by atoms with Crippen molar-refractivity contribution in [2.24, 2.45) is 5.92 Å². The minimum absolute atomic E-state index is 0.0455. The molecule has 1 saturated heterocycles. The summed E-state index contributed by atoms with van der Waals surface area (Å²) >= 11 is 0. The van der Waals surface area contributed by atoms with Crippen LogP contribution in [0.25, 0.3) is 0 Å². The third kappa shape index (κ3) is 3.24. The van der Waals surface area contributed by atoms with Crippen LogP contribution in [0.1, 0.15) is 13.3 Å². The molecule has 1 amide bonds. The molecule has 0 spiro atoms. The van der Waals surface area contributed by atoms with Gasteiger partial charge in [-0.2, -0.15) is 0 Å². The quantitative estimate of drug-likeness (QED) is 0.792. The third-order valence-electron chi connectivity index (χ3n) is 2.90. The van der Waals surface area contributed by atoms with Crippen LogP contribution in [0.2, 0.25) is 0 Å². The first-order valence-corrected chi connectivity index (χ1v) is 6.18. The third-order valence-corrected chi connectivity index (χ3v) is 2.90. The summed E-state index contributed by atoms with van der Waals surface area (Å²) in [6.45, 7) is 4.04. The molecule has 2 N–H and O–H groups in total. The largest absolute Gasteiger partial charge is 0.379 e. The van der Waals surface area contributed by atoms with Gasteiger partial charge in [0.25, 0.3) is 0 Å². The van der Waals surface area contributed by atoms with E-state index in [9.17, 15) is 4.79 Å². The molecule has 6 nitrogen and oxygen atoms in total. The van der Waals surface area contributed by atoms with Crippen LogP contribution < -0.4 is 10.6 Å². The minimum atomic E-state index is -0.156. The van der Waals surface area contributed by atoms with Crippen LogP contribution in [-0.4, -0.2) is 41.7 Å². The number of ether oxygens (including phenoxy) is 1. The average Bonchev–Trinajstić information content (AvgIpc) is 2.86. The molecule has 2 unspecified atom stereocenters. The summed E-state index contributed by atoms with van der Waals surface area (Å²) in [6, 6.07) is 0.0922. The fourth-order valence-corrected chi connectivity index (χ4v) is 1.94. The second-order valence-electron chi connectivity index (χ2n) is 4.32. The number of carbonyl (C=O) groups is 1. The second kappa shape index (κ2) is 6.42. The molecule has 1 aromatic rings. The second-order valence-corrected chi connectivity index (χ2v) is 4.32. The standard InChI is InChI=1S/C12H18N4O2/c1-2-3-15-11-7-18-6-10(11)12(17)16-9-4-13-8-14-5-9/h4-5,8,10-11,15H,2-3,6-7H2,1H3,(H,16,17). The number of rotatable bonds is 5. The van der Waals surface area contributed by atoms with Crippen LogP contribution in [0.3, 0.4) is 0 Å². The first-order chi connectivity index (χ1) is 8.81. The fourth-order valence-electron chi connectivity index (χ4n) is 1.94. The van der Waals surface area contributed by atoms with Crippen molar-refractivity contribution in [1.29, 1.82) is 0 Å². The summed E-state index contributed by atoms with van der Waals surface area (Å²) < 4.78 is 5.37. The van der Waals surface area contributed by atoms with E-state index in [0.29, 0.717) is 18.9 Å². The van der Waals surface area contributed by atoms with Crippen molar-refractivity contribution in [3.8, 4) is 0 Å². The Morgan fingerprint density at radius 1 is 1.44 bits per heavy atom. The number of nitrogens with zero attached hydrogens (tertiary/aromatic N) is 2. The molecule has 1 aromatic heterocycles. The topological polar surface area (TPSA) is 76.1 Å². The van der Waals surface area contributed by atoms with Gasteiger partial charge in [0.1, 0.15) is 6.33 Å². The predicted molar refractivity (Wildman–Crippen MR) is 67.1 cm³/mol. The van der Waals surface area contributed by atoms with Crippen LogP contribution in [-0.2, 0) is 9.53 Å². The van der Waals surface area contributed by atoms with Gasteiger partial charge >= 0.3 is 0 Å². The molecule has 6 heteroatoms. The van der Waals surface area contributed by atoms with Crippen molar-refractivity contribution in [2.45, 2.75) is 19.4 Å². The van der Waals surface area contributed by atoms with Gasteiger partial charge in [-0.1, -0.05) is 6.92 Å². The molecule has 1 aliphatic heterocycles. The van der Waals surface area contributed by atoms with Crippen molar-refractivity contribution < 1.29 is 9.53 Å². The van der Waals surface area contributed by atoms with E-state index in [0.717, 1.165) is 13.0 Å². The molecule has 2 atom stereocenters. The highest BCUT2D eigenvalue weighted by Gasteiger charge is 2.33. The van der Waals surface area contributed by atoms with Crippen molar-refractivity contribution in [3.63, 3.8) is 0 Å². The smallest absolute Gasteiger partial charge is 0.231 e. The van der Waals surface area contributed by atoms with E-state index in [2.05, 4.69) is 27.5 Å². The SMILES string of the molecule is CCCNC1COCC1C(=O)Nc1cncnc1. The lowest BCUT2D eigenvalue weighted by Gasteiger charge is -2.18. The Morgan fingerprint density at radius 3 is 2.94 bits per heavy atom. The van der Waals surface area contributed by atoms with Crippen molar-refractivity contribution in [1.82, 2.24) is 15.3 Å². The Balaban J connectivity index is 1.91. The predicted octanol–water partition coefficient (Wildman–Crippen LogP) is 0.430. The highest BCUT2D eigenvalue weighted by Crippen LogP contribution is 2.16. The maximum absolute atomic E-state index is 12.1. The number of hydrogen-bond acceptors (Lipinski definition) is 5.